The van der Waals surface area contributed by atoms with Crippen LogP contribution in [0, 0.1) is 3.57 Å². The van der Waals surface area contributed by atoms with E-state index in [2.05, 4.69) is 27.9 Å². The second-order valence-electron chi connectivity index (χ2n) is 4.14. The standard InChI is InChI=1S/C13H20INO3/c1-10(8-17-2)18-9-13(16)7-15-12-5-3-11(14)4-6-12/h3-6,10,13,15-16H,7-9H2,1-2H3. The van der Waals surface area contributed by atoms with E-state index in [1.807, 2.05) is 31.2 Å². The van der Waals surface area contributed by atoms with Crippen molar-refractivity contribution in [3.8, 4) is 0 Å². The van der Waals surface area contributed by atoms with Gasteiger partial charge in [-0.2, -0.15) is 0 Å². The van der Waals surface area contributed by atoms with E-state index in [4.69, 9.17) is 9.47 Å². The Labute approximate surface area is 122 Å². The average Bonchev–Trinajstić information content (AvgIpc) is 2.36. The zero-order chi connectivity index (χ0) is 13.4. The highest BCUT2D eigenvalue weighted by molar-refractivity contribution is 14.1. The molecule has 0 saturated carbocycles. The molecule has 0 aliphatic rings. The highest BCUT2D eigenvalue weighted by atomic mass is 127. The van der Waals surface area contributed by atoms with Crippen molar-refractivity contribution < 1.29 is 14.6 Å². The summed E-state index contributed by atoms with van der Waals surface area (Å²) in [4.78, 5) is 0. The summed E-state index contributed by atoms with van der Waals surface area (Å²) >= 11 is 2.26. The van der Waals surface area contributed by atoms with Gasteiger partial charge in [-0.1, -0.05) is 0 Å². The SMILES string of the molecule is COCC(C)OCC(O)CNc1ccc(I)cc1. The van der Waals surface area contributed by atoms with Crippen LogP contribution >= 0.6 is 22.6 Å². The summed E-state index contributed by atoms with van der Waals surface area (Å²) in [5.41, 5.74) is 0.999. The van der Waals surface area contributed by atoms with E-state index in [1.165, 1.54) is 3.57 Å². The van der Waals surface area contributed by atoms with E-state index in [9.17, 15) is 5.11 Å². The van der Waals surface area contributed by atoms with E-state index in [0.29, 0.717) is 19.8 Å². The molecule has 1 rings (SSSR count). The third-order valence-electron chi connectivity index (χ3n) is 2.36. The molecule has 5 heteroatoms. The number of hydrogen-bond acceptors (Lipinski definition) is 4. The fourth-order valence-corrected chi connectivity index (χ4v) is 1.78. The Morgan fingerprint density at radius 2 is 1.94 bits per heavy atom. The second-order valence-corrected chi connectivity index (χ2v) is 5.39. The maximum Gasteiger partial charge on any atom is 0.0945 e. The number of benzene rings is 1. The smallest absolute Gasteiger partial charge is 0.0945 e. The molecule has 0 bridgehead atoms. The number of methoxy groups -OCH3 is 1. The minimum atomic E-state index is -0.524. The molecule has 2 unspecified atom stereocenters. The van der Waals surface area contributed by atoms with Crippen molar-refractivity contribution in [3.05, 3.63) is 27.8 Å². The van der Waals surface area contributed by atoms with Gasteiger partial charge in [0.15, 0.2) is 0 Å². The molecule has 0 aliphatic carbocycles. The molecular formula is C13H20INO3. The van der Waals surface area contributed by atoms with Gasteiger partial charge in [-0.25, -0.2) is 0 Å². The summed E-state index contributed by atoms with van der Waals surface area (Å²) in [6.07, 6.45) is -0.522. The molecule has 0 radical (unpaired) electrons. The average molecular weight is 365 g/mol. The van der Waals surface area contributed by atoms with Crippen LogP contribution in [0.15, 0.2) is 24.3 Å². The molecule has 1 aromatic carbocycles. The normalized spacial score (nSPS) is 14.2. The van der Waals surface area contributed by atoms with Crippen LogP contribution in [0.5, 0.6) is 0 Å². The highest BCUT2D eigenvalue weighted by Gasteiger charge is 2.07. The molecule has 2 atom stereocenters. The van der Waals surface area contributed by atoms with E-state index < -0.39 is 6.10 Å². The fraction of sp³-hybridized carbons (Fsp3) is 0.538. The Kier molecular flexibility index (Phi) is 7.57. The molecule has 0 fully saturated rings. The van der Waals surface area contributed by atoms with Crippen molar-refractivity contribution in [2.24, 2.45) is 0 Å². The summed E-state index contributed by atoms with van der Waals surface area (Å²) in [7, 11) is 1.63. The highest BCUT2D eigenvalue weighted by Crippen LogP contribution is 2.11. The van der Waals surface area contributed by atoms with E-state index in [1.54, 1.807) is 7.11 Å². The van der Waals surface area contributed by atoms with Crippen molar-refractivity contribution in [2.45, 2.75) is 19.1 Å². The molecule has 1 aromatic rings. The minimum Gasteiger partial charge on any atom is -0.389 e. The molecule has 0 heterocycles. The molecular weight excluding hydrogens is 345 g/mol. The van der Waals surface area contributed by atoms with E-state index in [0.717, 1.165) is 5.69 Å². The Bertz CT molecular complexity index is 332. The third kappa shape index (κ3) is 6.53. The van der Waals surface area contributed by atoms with Crippen LogP contribution in [0.3, 0.4) is 0 Å². The molecule has 0 aliphatic heterocycles. The topological polar surface area (TPSA) is 50.7 Å². The van der Waals surface area contributed by atoms with Gasteiger partial charge in [0.2, 0.25) is 0 Å². The van der Waals surface area contributed by atoms with Crippen LogP contribution in [0.4, 0.5) is 5.69 Å². The monoisotopic (exact) mass is 365 g/mol. The Morgan fingerprint density at radius 1 is 1.28 bits per heavy atom. The summed E-state index contributed by atoms with van der Waals surface area (Å²) in [5.74, 6) is 0. The van der Waals surface area contributed by atoms with Crippen LogP contribution in [0.25, 0.3) is 0 Å². The lowest BCUT2D eigenvalue weighted by Gasteiger charge is -2.16. The van der Waals surface area contributed by atoms with Gasteiger partial charge in [0.25, 0.3) is 0 Å². The maximum absolute atomic E-state index is 9.75. The van der Waals surface area contributed by atoms with Crippen molar-refractivity contribution in [3.63, 3.8) is 0 Å². The lowest BCUT2D eigenvalue weighted by Crippen LogP contribution is -2.28. The minimum absolute atomic E-state index is 0.00273. The zero-order valence-electron chi connectivity index (χ0n) is 10.7. The van der Waals surface area contributed by atoms with Gasteiger partial charge in [0.05, 0.1) is 25.4 Å². The van der Waals surface area contributed by atoms with Crippen molar-refractivity contribution in [1.82, 2.24) is 0 Å². The van der Waals surface area contributed by atoms with Crippen molar-refractivity contribution in [2.75, 3.05) is 32.2 Å². The lowest BCUT2D eigenvalue weighted by molar-refractivity contribution is -0.0282. The van der Waals surface area contributed by atoms with Crippen LogP contribution in [-0.4, -0.2) is 44.2 Å². The largest absolute Gasteiger partial charge is 0.389 e. The zero-order valence-corrected chi connectivity index (χ0v) is 12.9. The molecule has 0 spiro atoms. The molecule has 4 nitrogen and oxygen atoms in total. The van der Waals surface area contributed by atoms with E-state index >= 15 is 0 Å². The summed E-state index contributed by atoms with van der Waals surface area (Å²) in [6, 6.07) is 8.02. The number of halogens is 1. The van der Waals surface area contributed by atoms with Gasteiger partial charge in [0, 0.05) is 22.9 Å². The fourth-order valence-electron chi connectivity index (χ4n) is 1.42. The van der Waals surface area contributed by atoms with Crippen molar-refractivity contribution in [1.29, 1.82) is 0 Å². The first-order valence-electron chi connectivity index (χ1n) is 5.90. The van der Waals surface area contributed by atoms with Gasteiger partial charge in [-0.15, -0.1) is 0 Å². The second kappa shape index (κ2) is 8.68. The number of aliphatic hydroxyl groups excluding tert-OH is 1. The maximum atomic E-state index is 9.75. The number of ether oxygens (including phenoxy) is 2. The molecule has 102 valence electrons. The Balaban J connectivity index is 2.20. The van der Waals surface area contributed by atoms with Gasteiger partial charge in [0.1, 0.15) is 0 Å². The number of aliphatic hydroxyl groups is 1. The molecule has 18 heavy (non-hydrogen) atoms. The summed E-state index contributed by atoms with van der Waals surface area (Å²) in [6.45, 7) is 3.24. The number of anilines is 1. The van der Waals surface area contributed by atoms with E-state index in [-0.39, 0.29) is 6.10 Å². The van der Waals surface area contributed by atoms with Crippen LogP contribution in [-0.2, 0) is 9.47 Å². The molecule has 0 amide bonds. The first-order valence-corrected chi connectivity index (χ1v) is 6.97. The predicted molar refractivity (Wildman–Crippen MR) is 80.9 cm³/mol. The molecule has 0 aromatic heterocycles. The Morgan fingerprint density at radius 3 is 2.56 bits per heavy atom. The van der Waals surface area contributed by atoms with Gasteiger partial charge < -0.3 is 19.9 Å². The van der Waals surface area contributed by atoms with Crippen LogP contribution < -0.4 is 5.32 Å². The number of nitrogens with one attached hydrogen (secondary N) is 1. The number of hydrogen-bond donors (Lipinski definition) is 2. The summed E-state index contributed by atoms with van der Waals surface area (Å²) in [5, 5.41) is 12.9. The van der Waals surface area contributed by atoms with Crippen molar-refractivity contribution >= 4 is 28.3 Å². The quantitative estimate of drug-likeness (QED) is 0.693. The predicted octanol–water partition coefficient (Wildman–Crippen LogP) is 2.12. The third-order valence-corrected chi connectivity index (χ3v) is 3.08. The first kappa shape index (κ1) is 15.7. The van der Waals surface area contributed by atoms with Gasteiger partial charge in [-0.3, -0.25) is 0 Å². The van der Waals surface area contributed by atoms with Gasteiger partial charge in [-0.05, 0) is 53.8 Å². The molecule has 0 saturated heterocycles. The molecule has 2 N–H and O–H groups in total. The lowest BCUT2D eigenvalue weighted by atomic mass is 10.3. The summed E-state index contributed by atoms with van der Waals surface area (Å²) < 4.78 is 11.6. The first-order chi connectivity index (χ1) is 8.61. The van der Waals surface area contributed by atoms with Crippen LogP contribution in [0.1, 0.15) is 6.92 Å². The van der Waals surface area contributed by atoms with Crippen LogP contribution in [0.2, 0.25) is 0 Å². The van der Waals surface area contributed by atoms with Gasteiger partial charge >= 0.3 is 0 Å². The number of rotatable bonds is 8. The Hall–Kier alpha value is -0.370.